The second-order valence-electron chi connectivity index (χ2n) is 11.2. The van der Waals surface area contributed by atoms with Crippen LogP contribution in [-0.4, -0.2) is 62.5 Å². The second kappa shape index (κ2) is 12.6. The number of benzene rings is 2. The van der Waals surface area contributed by atoms with E-state index in [1.54, 1.807) is 0 Å². The van der Waals surface area contributed by atoms with Crippen molar-refractivity contribution in [2.45, 2.75) is 69.9 Å². The van der Waals surface area contributed by atoms with E-state index in [1.807, 2.05) is 30.3 Å². The Hall–Kier alpha value is -2.49. The van der Waals surface area contributed by atoms with Crippen molar-refractivity contribution < 1.29 is 14.3 Å². The maximum absolute atomic E-state index is 13.4. The van der Waals surface area contributed by atoms with E-state index in [4.69, 9.17) is 15.2 Å². The molecule has 1 saturated carbocycles. The summed E-state index contributed by atoms with van der Waals surface area (Å²) in [6.45, 7) is 6.01. The molecule has 2 saturated heterocycles. The van der Waals surface area contributed by atoms with E-state index in [2.05, 4.69) is 47.2 Å². The Labute approximate surface area is 226 Å². The number of ether oxygens (including phenoxy) is 2. The average molecular weight is 522 g/mol. The number of anilines is 1. The molecule has 2 aliphatic heterocycles. The van der Waals surface area contributed by atoms with Gasteiger partial charge >= 0.3 is 0 Å². The van der Waals surface area contributed by atoms with Gasteiger partial charge in [-0.3, -0.25) is 10.2 Å². The molecule has 4 atom stereocenters. The molecular formula is C30H43N5O3. The predicted octanol–water partition coefficient (Wildman–Crippen LogP) is 3.32. The maximum atomic E-state index is 13.4. The quantitative estimate of drug-likeness (QED) is 0.297. The first-order valence-electron chi connectivity index (χ1n) is 14.1. The molecule has 0 spiro atoms. The number of hydrogen-bond donors (Lipinski definition) is 4. The van der Waals surface area contributed by atoms with Crippen LogP contribution in [0.25, 0.3) is 0 Å². The van der Waals surface area contributed by atoms with E-state index in [-0.39, 0.29) is 24.2 Å². The third kappa shape index (κ3) is 6.38. The minimum Gasteiger partial charge on any atom is -0.398 e. The fourth-order valence-electron chi connectivity index (χ4n) is 6.36. The first kappa shape index (κ1) is 27.1. The second-order valence-corrected chi connectivity index (χ2v) is 11.2. The largest absolute Gasteiger partial charge is 0.398 e. The SMILES string of the molecule is Cc1ccc(C(=O)NC2NNC3CC(OCCOCc4ccccc4)CCC32)c(N)c1C1CCN(C)CC1. The first-order valence-corrected chi connectivity index (χ1v) is 14.1. The third-order valence-corrected chi connectivity index (χ3v) is 8.56. The lowest BCUT2D eigenvalue weighted by molar-refractivity contribution is -0.0239. The van der Waals surface area contributed by atoms with Gasteiger partial charge in [-0.15, -0.1) is 0 Å². The Balaban J connectivity index is 1.10. The van der Waals surface area contributed by atoms with Gasteiger partial charge in [0, 0.05) is 17.6 Å². The molecule has 5 rings (SSSR count). The number of carbonyl (C=O) groups is 1. The highest BCUT2D eigenvalue weighted by Gasteiger charge is 2.41. The number of likely N-dealkylation sites (tertiary alicyclic amines) is 1. The number of carbonyl (C=O) groups excluding carboxylic acids is 1. The van der Waals surface area contributed by atoms with E-state index < -0.39 is 0 Å². The standard InChI is InChI=1S/C30H43N5O3/c1-20-8-10-25(28(31)27(20)22-12-14-35(2)15-13-22)30(36)32-29-24-11-9-23(18-26(24)33-34-29)38-17-16-37-19-21-6-4-3-5-7-21/h3-8,10,22-24,26,29,33-34H,9,11-19,31H2,1-2H3,(H,32,36). The molecule has 2 aromatic carbocycles. The van der Waals surface area contributed by atoms with Crippen molar-refractivity contribution in [2.75, 3.05) is 39.1 Å². The van der Waals surface area contributed by atoms with Crippen molar-refractivity contribution in [3.05, 3.63) is 64.7 Å². The molecule has 0 aromatic heterocycles. The first-order chi connectivity index (χ1) is 18.5. The number of aryl methyl sites for hydroxylation is 1. The van der Waals surface area contributed by atoms with Crippen LogP contribution in [0.3, 0.4) is 0 Å². The molecule has 206 valence electrons. The minimum atomic E-state index is -0.130. The summed E-state index contributed by atoms with van der Waals surface area (Å²) in [5.41, 5.74) is 18.1. The molecule has 8 nitrogen and oxygen atoms in total. The van der Waals surface area contributed by atoms with Gasteiger partial charge in [0.05, 0.1) is 37.7 Å². The molecule has 4 unspecified atom stereocenters. The number of hydrogen-bond acceptors (Lipinski definition) is 7. The van der Waals surface area contributed by atoms with E-state index in [9.17, 15) is 4.79 Å². The van der Waals surface area contributed by atoms with Gasteiger partial charge in [-0.25, -0.2) is 5.43 Å². The number of nitrogens with two attached hydrogens (primary N) is 1. The summed E-state index contributed by atoms with van der Waals surface area (Å²) >= 11 is 0. The summed E-state index contributed by atoms with van der Waals surface area (Å²) in [6, 6.07) is 14.4. The van der Waals surface area contributed by atoms with Gasteiger partial charge < -0.3 is 25.4 Å². The van der Waals surface area contributed by atoms with Crippen LogP contribution in [0.2, 0.25) is 0 Å². The van der Waals surface area contributed by atoms with Crippen LogP contribution in [0.1, 0.15) is 65.1 Å². The van der Waals surface area contributed by atoms with Crippen molar-refractivity contribution in [3.8, 4) is 0 Å². The van der Waals surface area contributed by atoms with Crippen LogP contribution in [0.5, 0.6) is 0 Å². The highest BCUT2D eigenvalue weighted by molar-refractivity contribution is 6.00. The highest BCUT2D eigenvalue weighted by Crippen LogP contribution is 2.36. The van der Waals surface area contributed by atoms with E-state index in [1.165, 1.54) is 11.1 Å². The van der Waals surface area contributed by atoms with Crippen molar-refractivity contribution in [1.29, 1.82) is 0 Å². The lowest BCUT2D eigenvalue weighted by Gasteiger charge is -2.33. The Morgan fingerprint density at radius 1 is 1.05 bits per heavy atom. The Kier molecular flexibility index (Phi) is 8.97. The molecule has 38 heavy (non-hydrogen) atoms. The number of piperidine rings is 1. The van der Waals surface area contributed by atoms with Gasteiger partial charge in [-0.1, -0.05) is 36.4 Å². The number of nitrogens with one attached hydrogen (secondary N) is 3. The van der Waals surface area contributed by atoms with Crippen molar-refractivity contribution >= 4 is 11.6 Å². The molecule has 2 heterocycles. The molecule has 8 heteroatoms. The maximum Gasteiger partial charge on any atom is 0.254 e. The summed E-state index contributed by atoms with van der Waals surface area (Å²) in [6.07, 6.45) is 5.09. The molecule has 3 fully saturated rings. The molecule has 0 radical (unpaired) electrons. The fraction of sp³-hybridized carbons (Fsp3) is 0.567. The topological polar surface area (TPSA) is 101 Å². The zero-order chi connectivity index (χ0) is 26.5. The molecule has 5 N–H and O–H groups in total. The van der Waals surface area contributed by atoms with Crippen LogP contribution < -0.4 is 21.9 Å². The molecule has 0 bridgehead atoms. The van der Waals surface area contributed by atoms with E-state index in [0.29, 0.717) is 42.9 Å². The van der Waals surface area contributed by atoms with E-state index in [0.717, 1.165) is 50.8 Å². The number of nitrogen functional groups attached to an aromatic ring is 1. The van der Waals surface area contributed by atoms with Crippen molar-refractivity contribution in [1.82, 2.24) is 21.1 Å². The van der Waals surface area contributed by atoms with Gasteiger partial charge in [-0.2, -0.15) is 0 Å². The molecule has 2 aromatic rings. The lowest BCUT2D eigenvalue weighted by Crippen LogP contribution is -2.47. The zero-order valence-corrected chi connectivity index (χ0v) is 22.7. The van der Waals surface area contributed by atoms with Crippen LogP contribution in [0, 0.1) is 12.8 Å². The smallest absolute Gasteiger partial charge is 0.254 e. The van der Waals surface area contributed by atoms with Gasteiger partial charge in [0.2, 0.25) is 0 Å². The Bertz CT molecular complexity index is 1070. The lowest BCUT2D eigenvalue weighted by atomic mass is 9.82. The van der Waals surface area contributed by atoms with Crippen molar-refractivity contribution in [3.63, 3.8) is 0 Å². The average Bonchev–Trinajstić information content (AvgIpc) is 3.32. The van der Waals surface area contributed by atoms with Crippen LogP contribution in [0.15, 0.2) is 42.5 Å². The van der Waals surface area contributed by atoms with Crippen LogP contribution in [0.4, 0.5) is 5.69 Å². The number of fused-ring (bicyclic) bond motifs is 1. The molecule has 1 aliphatic carbocycles. The van der Waals surface area contributed by atoms with Crippen molar-refractivity contribution in [2.24, 2.45) is 5.92 Å². The fourth-order valence-corrected chi connectivity index (χ4v) is 6.36. The number of amides is 1. The predicted molar refractivity (Wildman–Crippen MR) is 150 cm³/mol. The number of nitrogens with zero attached hydrogens (tertiary/aromatic N) is 1. The van der Waals surface area contributed by atoms with Gasteiger partial charge in [-0.05, 0) is 87.8 Å². The highest BCUT2D eigenvalue weighted by atomic mass is 16.5. The summed E-state index contributed by atoms with van der Waals surface area (Å²) in [5, 5.41) is 3.22. The van der Waals surface area contributed by atoms with Gasteiger partial charge in [0.25, 0.3) is 5.91 Å². The monoisotopic (exact) mass is 521 g/mol. The summed E-state index contributed by atoms with van der Waals surface area (Å²) in [5.74, 6) is 0.618. The normalized spacial score (nSPS) is 26.3. The third-order valence-electron chi connectivity index (χ3n) is 8.56. The summed E-state index contributed by atoms with van der Waals surface area (Å²) in [4.78, 5) is 15.7. The zero-order valence-electron chi connectivity index (χ0n) is 22.7. The number of hydrazine groups is 1. The van der Waals surface area contributed by atoms with Gasteiger partial charge in [0.15, 0.2) is 0 Å². The van der Waals surface area contributed by atoms with E-state index >= 15 is 0 Å². The van der Waals surface area contributed by atoms with Crippen LogP contribution >= 0.6 is 0 Å². The summed E-state index contributed by atoms with van der Waals surface area (Å²) in [7, 11) is 2.16. The van der Waals surface area contributed by atoms with Gasteiger partial charge in [0.1, 0.15) is 0 Å². The number of rotatable bonds is 9. The summed E-state index contributed by atoms with van der Waals surface area (Å²) < 4.78 is 11.9. The molecular weight excluding hydrogens is 478 g/mol. The molecule has 1 amide bonds. The molecule has 3 aliphatic rings. The Morgan fingerprint density at radius 2 is 1.84 bits per heavy atom. The Morgan fingerprint density at radius 3 is 2.63 bits per heavy atom. The minimum absolute atomic E-state index is 0.106. The van der Waals surface area contributed by atoms with Crippen LogP contribution in [-0.2, 0) is 16.1 Å².